The Labute approximate surface area is 55.4 Å². The Morgan fingerprint density at radius 3 is 2.33 bits per heavy atom. The molecule has 0 aliphatic heterocycles. The predicted molar refractivity (Wildman–Crippen MR) is 33.8 cm³/mol. The maximum absolute atomic E-state index is 8.62. The van der Waals surface area contributed by atoms with Crippen molar-refractivity contribution in [1.82, 2.24) is 0 Å². The smallest absolute Gasteiger partial charge is 0.153 e. The third kappa shape index (κ3) is 1.06. The fourth-order valence-electron chi connectivity index (χ4n) is 0.938. The maximum Gasteiger partial charge on any atom is 0.153 e. The summed E-state index contributed by atoms with van der Waals surface area (Å²) < 4.78 is 5.05. The molecule has 1 aliphatic carbocycles. The van der Waals surface area contributed by atoms with E-state index in [1.54, 1.807) is 7.11 Å². The van der Waals surface area contributed by atoms with Crippen LogP contribution >= 0.6 is 0 Å². The van der Waals surface area contributed by atoms with Crippen molar-refractivity contribution in [3.63, 3.8) is 0 Å². The molecule has 0 spiro atoms. The number of rotatable bonds is 2. The van der Waals surface area contributed by atoms with Gasteiger partial charge in [-0.1, -0.05) is 0 Å². The van der Waals surface area contributed by atoms with Crippen LogP contribution in [0.25, 0.3) is 0 Å². The van der Waals surface area contributed by atoms with Crippen molar-refractivity contribution in [2.24, 2.45) is 5.92 Å². The minimum absolute atomic E-state index is 0.493. The molecule has 0 bridgehead atoms. The van der Waals surface area contributed by atoms with E-state index in [-0.39, 0.29) is 0 Å². The van der Waals surface area contributed by atoms with E-state index in [0.717, 1.165) is 12.8 Å². The highest BCUT2D eigenvalue weighted by Crippen LogP contribution is 2.40. The first-order valence-corrected chi connectivity index (χ1v) is 3.19. The van der Waals surface area contributed by atoms with Gasteiger partial charge in [0, 0.05) is 13.0 Å². The normalized spacial score (nSPS) is 24.6. The van der Waals surface area contributed by atoms with Gasteiger partial charge in [-0.25, -0.2) is 0 Å². The van der Waals surface area contributed by atoms with Crippen molar-refractivity contribution in [1.29, 1.82) is 5.26 Å². The fourth-order valence-corrected chi connectivity index (χ4v) is 0.938. The Bertz CT molecular complexity index is 145. The molecule has 0 aromatic rings. The second kappa shape index (κ2) is 2.00. The summed E-state index contributed by atoms with van der Waals surface area (Å²) >= 11 is 0. The van der Waals surface area contributed by atoms with Crippen LogP contribution in [0, 0.1) is 17.2 Å². The van der Waals surface area contributed by atoms with Gasteiger partial charge in [-0.15, -0.1) is 0 Å². The third-order valence-electron chi connectivity index (χ3n) is 2.00. The summed E-state index contributed by atoms with van der Waals surface area (Å²) in [6.45, 7) is 1.85. The van der Waals surface area contributed by atoms with Crippen LogP contribution < -0.4 is 0 Å². The molecule has 1 atom stereocenters. The molecule has 0 amide bonds. The number of hydrogen-bond acceptors (Lipinski definition) is 2. The zero-order valence-corrected chi connectivity index (χ0v) is 5.85. The third-order valence-corrected chi connectivity index (χ3v) is 2.00. The maximum atomic E-state index is 8.62. The number of nitriles is 1. The van der Waals surface area contributed by atoms with E-state index in [0.29, 0.717) is 5.92 Å². The lowest BCUT2D eigenvalue weighted by molar-refractivity contribution is 0.0365. The summed E-state index contributed by atoms with van der Waals surface area (Å²) in [4.78, 5) is 0. The quantitative estimate of drug-likeness (QED) is 0.557. The Morgan fingerprint density at radius 1 is 1.67 bits per heavy atom. The van der Waals surface area contributed by atoms with Gasteiger partial charge in [0.1, 0.15) is 0 Å². The van der Waals surface area contributed by atoms with Crippen LogP contribution in [0.5, 0.6) is 0 Å². The van der Waals surface area contributed by atoms with Gasteiger partial charge in [0.2, 0.25) is 0 Å². The van der Waals surface area contributed by atoms with Crippen LogP contribution in [0.15, 0.2) is 0 Å². The van der Waals surface area contributed by atoms with E-state index in [4.69, 9.17) is 10.00 Å². The number of hydrogen-bond donors (Lipinski definition) is 0. The molecular weight excluding hydrogens is 114 g/mol. The zero-order valence-electron chi connectivity index (χ0n) is 5.85. The largest absolute Gasteiger partial charge is 0.363 e. The first-order chi connectivity index (χ1) is 4.23. The highest BCUT2D eigenvalue weighted by molar-refractivity contribution is 5.07. The number of nitrogens with zero attached hydrogens (tertiary/aromatic N) is 1. The average molecular weight is 125 g/mol. The first kappa shape index (κ1) is 6.57. The summed E-state index contributed by atoms with van der Waals surface area (Å²) in [5.74, 6) is 0.493. The molecule has 0 heterocycles. The molecule has 9 heavy (non-hydrogen) atoms. The van der Waals surface area contributed by atoms with Crippen LogP contribution in [-0.4, -0.2) is 12.7 Å². The fraction of sp³-hybridized carbons (Fsp3) is 0.857. The Hall–Kier alpha value is -0.550. The van der Waals surface area contributed by atoms with E-state index >= 15 is 0 Å². The van der Waals surface area contributed by atoms with Crippen LogP contribution in [0.1, 0.15) is 19.8 Å². The molecule has 50 valence electrons. The summed E-state index contributed by atoms with van der Waals surface area (Å²) in [5.41, 5.74) is -0.500. The summed E-state index contributed by atoms with van der Waals surface area (Å²) in [5, 5.41) is 8.62. The van der Waals surface area contributed by atoms with E-state index < -0.39 is 5.60 Å². The van der Waals surface area contributed by atoms with Crippen molar-refractivity contribution in [2.45, 2.75) is 25.4 Å². The standard InChI is InChI=1S/C7H11NO/c1-7(5-8,9-2)6-3-4-6/h6H,3-4H2,1-2H3/t7-/m0/s1. The summed E-state index contributed by atoms with van der Waals surface area (Å²) in [6, 6.07) is 2.17. The first-order valence-electron chi connectivity index (χ1n) is 3.19. The van der Waals surface area contributed by atoms with Crippen LogP contribution in [0.2, 0.25) is 0 Å². The monoisotopic (exact) mass is 125 g/mol. The van der Waals surface area contributed by atoms with Gasteiger partial charge in [-0.3, -0.25) is 0 Å². The van der Waals surface area contributed by atoms with Crippen molar-refractivity contribution in [3.05, 3.63) is 0 Å². The van der Waals surface area contributed by atoms with Crippen molar-refractivity contribution in [2.75, 3.05) is 7.11 Å². The Kier molecular flexibility index (Phi) is 1.46. The molecule has 0 unspecified atom stereocenters. The molecular formula is C7H11NO. The summed E-state index contributed by atoms with van der Waals surface area (Å²) in [6.07, 6.45) is 2.30. The number of methoxy groups -OCH3 is 1. The SMILES string of the molecule is CO[C@@](C)(C#N)C1CC1. The van der Waals surface area contributed by atoms with Gasteiger partial charge in [0.05, 0.1) is 6.07 Å². The second-order valence-corrected chi connectivity index (χ2v) is 2.70. The minimum Gasteiger partial charge on any atom is -0.363 e. The molecule has 0 saturated heterocycles. The highest BCUT2D eigenvalue weighted by Gasteiger charge is 2.41. The molecule has 0 radical (unpaired) electrons. The molecule has 0 aromatic heterocycles. The van der Waals surface area contributed by atoms with Gasteiger partial charge < -0.3 is 4.74 Å². The molecule has 0 aromatic carbocycles. The van der Waals surface area contributed by atoms with Crippen LogP contribution in [0.3, 0.4) is 0 Å². The molecule has 1 saturated carbocycles. The molecule has 2 heteroatoms. The van der Waals surface area contributed by atoms with Gasteiger partial charge in [-0.05, 0) is 19.8 Å². The predicted octanol–water partition coefficient (Wildman–Crippen LogP) is 1.33. The molecule has 1 fully saturated rings. The lowest BCUT2D eigenvalue weighted by atomic mass is 10.0. The lowest BCUT2D eigenvalue weighted by Gasteiger charge is -2.17. The van der Waals surface area contributed by atoms with Crippen LogP contribution in [0.4, 0.5) is 0 Å². The Morgan fingerprint density at radius 2 is 2.22 bits per heavy atom. The second-order valence-electron chi connectivity index (χ2n) is 2.70. The van der Waals surface area contributed by atoms with Gasteiger partial charge in [0.15, 0.2) is 5.60 Å². The number of ether oxygens (including phenoxy) is 1. The zero-order chi connectivity index (χ0) is 6.91. The van der Waals surface area contributed by atoms with Crippen molar-refractivity contribution < 1.29 is 4.74 Å². The highest BCUT2D eigenvalue weighted by atomic mass is 16.5. The van der Waals surface area contributed by atoms with Crippen LogP contribution in [-0.2, 0) is 4.74 Å². The van der Waals surface area contributed by atoms with Gasteiger partial charge >= 0.3 is 0 Å². The lowest BCUT2D eigenvalue weighted by Crippen LogP contribution is -2.27. The minimum atomic E-state index is -0.500. The van der Waals surface area contributed by atoms with E-state index in [1.165, 1.54) is 0 Å². The van der Waals surface area contributed by atoms with E-state index in [1.807, 2.05) is 6.92 Å². The van der Waals surface area contributed by atoms with Gasteiger partial charge in [-0.2, -0.15) is 5.26 Å². The summed E-state index contributed by atoms with van der Waals surface area (Å²) in [7, 11) is 1.60. The average Bonchev–Trinajstić information content (AvgIpc) is 2.68. The molecule has 1 rings (SSSR count). The topological polar surface area (TPSA) is 33.0 Å². The van der Waals surface area contributed by atoms with Crippen molar-refractivity contribution >= 4 is 0 Å². The van der Waals surface area contributed by atoms with E-state index in [9.17, 15) is 0 Å². The molecule has 0 N–H and O–H groups in total. The molecule has 1 aliphatic rings. The van der Waals surface area contributed by atoms with Crippen molar-refractivity contribution in [3.8, 4) is 6.07 Å². The Balaban J connectivity index is 2.56. The van der Waals surface area contributed by atoms with Gasteiger partial charge in [0.25, 0.3) is 0 Å². The van der Waals surface area contributed by atoms with E-state index in [2.05, 4.69) is 6.07 Å². The molecule has 2 nitrogen and oxygen atoms in total.